The van der Waals surface area contributed by atoms with Crippen molar-refractivity contribution in [1.29, 1.82) is 0 Å². The minimum Gasteiger partial charge on any atom is -0.381 e. The number of nitrogens with one attached hydrogen (secondary N) is 4. The molecule has 3 heterocycles. The summed E-state index contributed by atoms with van der Waals surface area (Å²) in [6.07, 6.45) is 8.95. The first-order valence-corrected chi connectivity index (χ1v) is 10.8. The maximum Gasteiger partial charge on any atom is 0.295 e. The lowest BCUT2D eigenvalue weighted by Crippen LogP contribution is -2.29. The highest BCUT2D eigenvalue weighted by molar-refractivity contribution is 5.96. The summed E-state index contributed by atoms with van der Waals surface area (Å²) in [5, 5.41) is 12.2. The van der Waals surface area contributed by atoms with E-state index >= 15 is 0 Å². The van der Waals surface area contributed by atoms with Crippen LogP contribution in [0.3, 0.4) is 0 Å². The van der Waals surface area contributed by atoms with Gasteiger partial charge in [-0.15, -0.1) is 6.42 Å². The molecule has 1 saturated heterocycles. The van der Waals surface area contributed by atoms with Gasteiger partial charge in [0, 0.05) is 50.3 Å². The van der Waals surface area contributed by atoms with Gasteiger partial charge in [0.25, 0.3) is 11.8 Å². The summed E-state index contributed by atoms with van der Waals surface area (Å²) in [5.74, 6) is 2.28. The summed E-state index contributed by atoms with van der Waals surface area (Å²) in [7, 11) is 0. The van der Waals surface area contributed by atoms with Crippen LogP contribution >= 0.6 is 0 Å². The van der Waals surface area contributed by atoms with E-state index in [1.54, 1.807) is 18.3 Å². The predicted octanol–water partition coefficient (Wildman–Crippen LogP) is 1.03. The van der Waals surface area contributed by atoms with E-state index in [0.717, 1.165) is 12.8 Å². The second kappa shape index (κ2) is 11.6. The van der Waals surface area contributed by atoms with Crippen LogP contribution in [0.2, 0.25) is 0 Å². The topological polar surface area (TPSA) is 156 Å². The number of aromatic nitrogens is 3. The number of nitrogens with two attached hydrogens (primary N) is 1. The molecule has 0 saturated carbocycles. The molecule has 6 N–H and O–H groups in total. The molecular weight excluding hydrogens is 424 g/mol. The molecule has 0 unspecified atom stereocenters. The van der Waals surface area contributed by atoms with E-state index in [-0.39, 0.29) is 17.6 Å². The summed E-state index contributed by atoms with van der Waals surface area (Å²) in [6.45, 7) is 4.11. The molecule has 3 rings (SSSR count). The molecule has 0 aromatic carbocycles. The number of hydrogen-bond acceptors (Lipinski definition) is 9. The summed E-state index contributed by atoms with van der Waals surface area (Å²) in [5.41, 5.74) is 6.95. The first-order chi connectivity index (χ1) is 16.0. The highest BCUT2D eigenvalue weighted by Crippen LogP contribution is 2.25. The third kappa shape index (κ3) is 6.78. The van der Waals surface area contributed by atoms with Crippen LogP contribution in [0.4, 0.5) is 23.1 Å². The Balaban J connectivity index is 1.77. The third-order valence-electron chi connectivity index (χ3n) is 4.97. The van der Waals surface area contributed by atoms with E-state index in [1.807, 2.05) is 12.8 Å². The van der Waals surface area contributed by atoms with Crippen molar-refractivity contribution < 1.29 is 14.3 Å². The number of anilines is 4. The van der Waals surface area contributed by atoms with Gasteiger partial charge in [0.2, 0.25) is 0 Å². The molecule has 11 heteroatoms. The Bertz CT molecular complexity index is 1030. The summed E-state index contributed by atoms with van der Waals surface area (Å²) >= 11 is 0. The van der Waals surface area contributed by atoms with Crippen molar-refractivity contribution in [2.24, 2.45) is 5.73 Å². The summed E-state index contributed by atoms with van der Waals surface area (Å²) < 4.78 is 5.42. The SMILES string of the molecule is C#CC(=O)NCCNc1cc(Nc2nc(NC3CCOCC3)c(CC)nc2C(N)=O)ccn1. The standard InChI is InChI=1S/C22H28N8O3/c1-3-16-21(27-14-6-11-33-12-7-14)30-22(19(29-16)20(23)32)28-15-5-8-24-17(13-15)25-9-10-26-18(31)4-2/h2,5,8,13-14H,3,6-7,9-12H2,1H3,(H2,23,32)(H,26,31)(H3,24,25,27,28,30). The molecule has 0 spiro atoms. The molecular formula is C22H28N8O3. The van der Waals surface area contributed by atoms with Gasteiger partial charge in [-0.3, -0.25) is 9.59 Å². The number of carbonyl (C=O) groups is 2. The maximum atomic E-state index is 12.1. The molecule has 1 fully saturated rings. The van der Waals surface area contributed by atoms with E-state index in [1.165, 1.54) is 0 Å². The highest BCUT2D eigenvalue weighted by atomic mass is 16.5. The van der Waals surface area contributed by atoms with Crippen LogP contribution in [-0.2, 0) is 16.0 Å². The largest absolute Gasteiger partial charge is 0.381 e. The fraction of sp³-hybridized carbons (Fsp3) is 0.409. The molecule has 2 aromatic heterocycles. The monoisotopic (exact) mass is 452 g/mol. The number of aryl methyl sites for hydroxylation is 1. The molecule has 0 aliphatic carbocycles. The van der Waals surface area contributed by atoms with Crippen LogP contribution in [0.1, 0.15) is 35.9 Å². The zero-order valence-corrected chi connectivity index (χ0v) is 18.5. The van der Waals surface area contributed by atoms with Crippen LogP contribution in [0.15, 0.2) is 18.3 Å². The Labute approximate surface area is 192 Å². The number of hydrogen-bond donors (Lipinski definition) is 5. The van der Waals surface area contributed by atoms with Crippen molar-refractivity contribution in [2.45, 2.75) is 32.2 Å². The molecule has 2 aromatic rings. The molecule has 1 aliphatic heterocycles. The van der Waals surface area contributed by atoms with Gasteiger partial charge >= 0.3 is 0 Å². The number of terminal acetylenes is 1. The van der Waals surface area contributed by atoms with Gasteiger partial charge in [-0.25, -0.2) is 15.0 Å². The van der Waals surface area contributed by atoms with Crippen LogP contribution in [0, 0.1) is 12.3 Å². The van der Waals surface area contributed by atoms with Gasteiger partial charge in [-0.05, 0) is 31.2 Å². The summed E-state index contributed by atoms with van der Waals surface area (Å²) in [4.78, 5) is 36.6. The van der Waals surface area contributed by atoms with Crippen LogP contribution in [-0.4, -0.2) is 59.1 Å². The minimum absolute atomic E-state index is 0.0627. The second-order valence-corrected chi connectivity index (χ2v) is 7.35. The van der Waals surface area contributed by atoms with Crippen molar-refractivity contribution >= 4 is 35.0 Å². The van der Waals surface area contributed by atoms with E-state index in [0.29, 0.717) is 55.7 Å². The molecule has 11 nitrogen and oxygen atoms in total. The normalized spacial score (nSPS) is 13.6. The molecule has 1 aliphatic rings. The van der Waals surface area contributed by atoms with Crippen LogP contribution in [0.25, 0.3) is 0 Å². The lowest BCUT2D eigenvalue weighted by atomic mass is 10.1. The number of ether oxygens (including phenoxy) is 1. The first kappa shape index (κ1) is 23.7. The average molecular weight is 453 g/mol. The Morgan fingerprint density at radius 1 is 1.24 bits per heavy atom. The predicted molar refractivity (Wildman–Crippen MR) is 125 cm³/mol. The van der Waals surface area contributed by atoms with Crippen molar-refractivity contribution in [3.05, 3.63) is 29.7 Å². The molecule has 0 radical (unpaired) electrons. The van der Waals surface area contributed by atoms with Crippen LogP contribution in [0.5, 0.6) is 0 Å². The van der Waals surface area contributed by atoms with Crippen molar-refractivity contribution in [3.63, 3.8) is 0 Å². The van der Waals surface area contributed by atoms with Gasteiger partial charge < -0.3 is 31.7 Å². The fourth-order valence-electron chi connectivity index (χ4n) is 3.29. The minimum atomic E-state index is -0.672. The zero-order valence-electron chi connectivity index (χ0n) is 18.5. The average Bonchev–Trinajstić information content (AvgIpc) is 2.82. The summed E-state index contributed by atoms with van der Waals surface area (Å²) in [6, 6.07) is 3.70. The van der Waals surface area contributed by atoms with E-state index in [2.05, 4.69) is 36.2 Å². The lowest BCUT2D eigenvalue weighted by molar-refractivity contribution is -0.115. The van der Waals surface area contributed by atoms with Gasteiger partial charge in [-0.1, -0.05) is 6.92 Å². The van der Waals surface area contributed by atoms with Gasteiger partial charge in [0.15, 0.2) is 17.3 Å². The van der Waals surface area contributed by atoms with E-state index in [4.69, 9.17) is 16.9 Å². The Kier molecular flexibility index (Phi) is 8.37. The van der Waals surface area contributed by atoms with Crippen molar-refractivity contribution in [3.8, 4) is 12.3 Å². The fourth-order valence-corrected chi connectivity index (χ4v) is 3.29. The maximum absolute atomic E-state index is 12.1. The number of carbonyl (C=O) groups excluding carboxylic acids is 2. The molecule has 2 amide bonds. The number of pyridine rings is 1. The molecule has 0 atom stereocenters. The van der Waals surface area contributed by atoms with Gasteiger partial charge in [-0.2, -0.15) is 0 Å². The number of primary amides is 1. The van der Waals surface area contributed by atoms with Crippen molar-refractivity contribution in [1.82, 2.24) is 20.3 Å². The first-order valence-electron chi connectivity index (χ1n) is 10.8. The number of amides is 2. The molecule has 33 heavy (non-hydrogen) atoms. The zero-order chi connectivity index (χ0) is 23.6. The van der Waals surface area contributed by atoms with E-state index in [9.17, 15) is 9.59 Å². The van der Waals surface area contributed by atoms with Crippen molar-refractivity contribution in [2.75, 3.05) is 42.3 Å². The quantitative estimate of drug-likeness (QED) is 0.262. The van der Waals surface area contributed by atoms with Gasteiger partial charge in [0.1, 0.15) is 5.82 Å². The van der Waals surface area contributed by atoms with Gasteiger partial charge in [0.05, 0.1) is 5.69 Å². The Hall–Kier alpha value is -3.91. The second-order valence-electron chi connectivity index (χ2n) is 7.35. The Morgan fingerprint density at radius 2 is 2.03 bits per heavy atom. The molecule has 174 valence electrons. The number of nitrogens with zero attached hydrogens (tertiary/aromatic N) is 3. The number of rotatable bonds is 10. The lowest BCUT2D eigenvalue weighted by Gasteiger charge is -2.25. The van der Waals surface area contributed by atoms with Crippen LogP contribution < -0.4 is 27.0 Å². The molecule has 0 bridgehead atoms. The van der Waals surface area contributed by atoms with E-state index < -0.39 is 11.8 Å². The highest BCUT2D eigenvalue weighted by Gasteiger charge is 2.20. The third-order valence-corrected chi connectivity index (χ3v) is 4.97. The Morgan fingerprint density at radius 3 is 2.73 bits per heavy atom. The smallest absolute Gasteiger partial charge is 0.295 e.